The molecule has 0 aliphatic carbocycles. The number of hydrogen-bond acceptors (Lipinski definition) is 3. The molecular weight excluding hydrogens is 296 g/mol. The van der Waals surface area contributed by atoms with Crippen molar-refractivity contribution in [1.29, 1.82) is 0 Å². The van der Waals surface area contributed by atoms with Gasteiger partial charge in [0.15, 0.2) is 6.10 Å². The van der Waals surface area contributed by atoms with E-state index in [4.69, 9.17) is 10.5 Å². The van der Waals surface area contributed by atoms with E-state index in [9.17, 15) is 4.79 Å². The summed E-state index contributed by atoms with van der Waals surface area (Å²) in [6, 6.07) is 5.74. The molecule has 3 N–H and O–H groups in total. The van der Waals surface area contributed by atoms with Gasteiger partial charge in [-0.15, -0.1) is 0 Å². The molecular formula is C13H19BrN2O2. The number of rotatable bonds is 5. The molecule has 1 aromatic rings. The van der Waals surface area contributed by atoms with Crippen molar-refractivity contribution >= 4 is 21.8 Å². The molecule has 5 heteroatoms. The zero-order valence-corrected chi connectivity index (χ0v) is 12.5. The molecule has 0 aliphatic rings. The van der Waals surface area contributed by atoms with Gasteiger partial charge in [-0.2, -0.15) is 0 Å². The fraction of sp³-hybridized carbons (Fsp3) is 0.462. The lowest BCUT2D eigenvalue weighted by atomic mass is 10.1. The Bertz CT molecular complexity index is 421. The maximum Gasteiger partial charge on any atom is 0.260 e. The van der Waals surface area contributed by atoms with Crippen LogP contribution in [0.15, 0.2) is 22.7 Å². The van der Waals surface area contributed by atoms with E-state index in [2.05, 4.69) is 21.2 Å². The molecule has 1 amide bonds. The number of ether oxygens (including phenoxy) is 1. The summed E-state index contributed by atoms with van der Waals surface area (Å²) >= 11 is 3.42. The molecule has 0 spiro atoms. The van der Waals surface area contributed by atoms with Gasteiger partial charge in [0.05, 0.1) is 0 Å². The summed E-state index contributed by atoms with van der Waals surface area (Å²) in [5.74, 6) is 0.552. The average Bonchev–Trinajstić information content (AvgIpc) is 2.30. The molecule has 0 radical (unpaired) electrons. The van der Waals surface area contributed by atoms with Crippen LogP contribution in [0.2, 0.25) is 0 Å². The Kier molecular flexibility index (Phi) is 5.62. The largest absolute Gasteiger partial charge is 0.481 e. The van der Waals surface area contributed by atoms with Crippen LogP contribution in [-0.4, -0.2) is 25.1 Å². The van der Waals surface area contributed by atoms with Crippen LogP contribution < -0.4 is 15.8 Å². The minimum Gasteiger partial charge on any atom is -0.481 e. The van der Waals surface area contributed by atoms with Crippen LogP contribution in [0.4, 0.5) is 0 Å². The van der Waals surface area contributed by atoms with Gasteiger partial charge in [0, 0.05) is 17.6 Å². The van der Waals surface area contributed by atoms with Gasteiger partial charge >= 0.3 is 0 Å². The molecule has 4 nitrogen and oxygen atoms in total. The summed E-state index contributed by atoms with van der Waals surface area (Å²) in [5, 5.41) is 2.56. The maximum atomic E-state index is 11.4. The van der Waals surface area contributed by atoms with Gasteiger partial charge in [-0.25, -0.2) is 0 Å². The SMILES string of the molecule is CNC(=O)C(C)Oc1ccc(Br)cc1CC(C)N. The Morgan fingerprint density at radius 1 is 1.50 bits per heavy atom. The Morgan fingerprint density at radius 3 is 2.72 bits per heavy atom. The fourth-order valence-electron chi connectivity index (χ4n) is 1.62. The Labute approximate surface area is 116 Å². The lowest BCUT2D eigenvalue weighted by Gasteiger charge is -2.17. The number of amides is 1. The summed E-state index contributed by atoms with van der Waals surface area (Å²) in [6.07, 6.45) is 0.179. The van der Waals surface area contributed by atoms with Gasteiger partial charge in [0.25, 0.3) is 5.91 Å². The predicted octanol–water partition coefficient (Wildman–Crippen LogP) is 1.85. The number of carbonyl (C=O) groups excluding carboxylic acids is 1. The molecule has 0 fully saturated rings. The van der Waals surface area contributed by atoms with Crippen LogP contribution in [-0.2, 0) is 11.2 Å². The number of halogens is 1. The van der Waals surface area contributed by atoms with Crippen molar-refractivity contribution in [2.45, 2.75) is 32.4 Å². The molecule has 100 valence electrons. The highest BCUT2D eigenvalue weighted by molar-refractivity contribution is 9.10. The fourth-order valence-corrected chi connectivity index (χ4v) is 2.03. The van der Waals surface area contributed by atoms with Crippen LogP contribution in [0.3, 0.4) is 0 Å². The van der Waals surface area contributed by atoms with Crippen LogP contribution >= 0.6 is 15.9 Å². The van der Waals surface area contributed by atoms with Gasteiger partial charge in [0.1, 0.15) is 5.75 Å². The molecule has 2 unspecified atom stereocenters. The van der Waals surface area contributed by atoms with Gasteiger partial charge in [-0.1, -0.05) is 15.9 Å². The van der Waals surface area contributed by atoms with Crippen molar-refractivity contribution in [1.82, 2.24) is 5.32 Å². The number of carbonyl (C=O) groups is 1. The quantitative estimate of drug-likeness (QED) is 0.871. The van der Waals surface area contributed by atoms with Gasteiger partial charge in [-0.3, -0.25) is 4.79 Å². The predicted molar refractivity (Wildman–Crippen MR) is 75.7 cm³/mol. The summed E-state index contributed by atoms with van der Waals surface area (Å²) in [7, 11) is 1.59. The molecule has 0 heterocycles. The van der Waals surface area contributed by atoms with Crippen LogP contribution in [0.1, 0.15) is 19.4 Å². The van der Waals surface area contributed by atoms with E-state index in [1.54, 1.807) is 14.0 Å². The van der Waals surface area contributed by atoms with Crippen molar-refractivity contribution in [3.63, 3.8) is 0 Å². The molecule has 0 bridgehead atoms. The minimum atomic E-state index is -0.525. The van der Waals surface area contributed by atoms with Gasteiger partial charge in [0.2, 0.25) is 0 Å². The zero-order valence-electron chi connectivity index (χ0n) is 10.9. The van der Waals surface area contributed by atoms with E-state index in [1.807, 2.05) is 25.1 Å². The van der Waals surface area contributed by atoms with Crippen LogP contribution in [0.5, 0.6) is 5.75 Å². The monoisotopic (exact) mass is 314 g/mol. The standard InChI is InChI=1S/C13H19BrN2O2/c1-8(15)6-10-7-11(14)4-5-12(10)18-9(2)13(17)16-3/h4-5,7-9H,6,15H2,1-3H3,(H,16,17). The number of hydrogen-bond donors (Lipinski definition) is 2. The Hall–Kier alpha value is -1.07. The third-order valence-electron chi connectivity index (χ3n) is 2.48. The molecule has 0 saturated carbocycles. The highest BCUT2D eigenvalue weighted by Crippen LogP contribution is 2.25. The number of likely N-dealkylation sites (N-methyl/N-ethyl adjacent to an activating group) is 1. The Balaban J connectivity index is 2.90. The second-order valence-corrected chi connectivity index (χ2v) is 5.22. The number of nitrogens with one attached hydrogen (secondary N) is 1. The minimum absolute atomic E-state index is 0.0388. The average molecular weight is 315 g/mol. The highest BCUT2D eigenvalue weighted by Gasteiger charge is 2.15. The van der Waals surface area contributed by atoms with Gasteiger partial charge < -0.3 is 15.8 Å². The first-order valence-corrected chi connectivity index (χ1v) is 6.65. The zero-order chi connectivity index (χ0) is 13.7. The Morgan fingerprint density at radius 2 is 2.17 bits per heavy atom. The van der Waals surface area contributed by atoms with E-state index >= 15 is 0 Å². The van der Waals surface area contributed by atoms with E-state index < -0.39 is 6.10 Å². The first-order chi connectivity index (χ1) is 8.43. The first-order valence-electron chi connectivity index (χ1n) is 5.86. The third kappa shape index (κ3) is 4.31. The van der Waals surface area contributed by atoms with E-state index in [1.165, 1.54) is 0 Å². The summed E-state index contributed by atoms with van der Waals surface area (Å²) in [4.78, 5) is 11.4. The van der Waals surface area contributed by atoms with E-state index in [-0.39, 0.29) is 11.9 Å². The van der Waals surface area contributed by atoms with Crippen molar-refractivity contribution in [3.05, 3.63) is 28.2 Å². The lowest BCUT2D eigenvalue weighted by molar-refractivity contribution is -0.126. The number of nitrogens with two attached hydrogens (primary N) is 1. The van der Waals surface area contributed by atoms with Crippen molar-refractivity contribution in [2.75, 3.05) is 7.05 Å². The lowest BCUT2D eigenvalue weighted by Crippen LogP contribution is -2.34. The second-order valence-electron chi connectivity index (χ2n) is 4.31. The molecule has 18 heavy (non-hydrogen) atoms. The van der Waals surface area contributed by atoms with E-state index in [0.29, 0.717) is 12.2 Å². The molecule has 0 aliphatic heterocycles. The van der Waals surface area contributed by atoms with Gasteiger partial charge in [-0.05, 0) is 44.0 Å². The van der Waals surface area contributed by atoms with Crippen LogP contribution in [0, 0.1) is 0 Å². The molecule has 1 rings (SSSR count). The normalized spacial score (nSPS) is 13.8. The molecule has 0 aromatic heterocycles. The maximum absolute atomic E-state index is 11.4. The van der Waals surface area contributed by atoms with Crippen molar-refractivity contribution < 1.29 is 9.53 Å². The topological polar surface area (TPSA) is 64.3 Å². The smallest absolute Gasteiger partial charge is 0.260 e. The molecule has 0 saturated heterocycles. The number of benzene rings is 1. The first kappa shape index (κ1) is 15.0. The third-order valence-corrected chi connectivity index (χ3v) is 2.98. The molecule has 2 atom stereocenters. The van der Waals surface area contributed by atoms with E-state index in [0.717, 1.165) is 10.0 Å². The summed E-state index contributed by atoms with van der Waals surface area (Å²) in [6.45, 7) is 3.66. The summed E-state index contributed by atoms with van der Waals surface area (Å²) in [5.41, 5.74) is 6.81. The molecule has 1 aromatic carbocycles. The summed E-state index contributed by atoms with van der Waals surface area (Å²) < 4.78 is 6.64. The highest BCUT2D eigenvalue weighted by atomic mass is 79.9. The van der Waals surface area contributed by atoms with Crippen molar-refractivity contribution in [2.24, 2.45) is 5.73 Å². The van der Waals surface area contributed by atoms with Crippen LogP contribution in [0.25, 0.3) is 0 Å². The second kappa shape index (κ2) is 6.75. The van der Waals surface area contributed by atoms with Crippen molar-refractivity contribution in [3.8, 4) is 5.75 Å².